The van der Waals surface area contributed by atoms with E-state index in [1.54, 1.807) is 7.11 Å². The molecule has 21 heavy (non-hydrogen) atoms. The lowest BCUT2D eigenvalue weighted by atomic mass is 9.74. The molecule has 2 heteroatoms. The molecule has 0 atom stereocenters. The Kier molecular flexibility index (Phi) is 4.26. The van der Waals surface area contributed by atoms with Gasteiger partial charge >= 0.3 is 0 Å². The molecule has 0 spiro atoms. The minimum Gasteiger partial charge on any atom is -0.497 e. The van der Waals surface area contributed by atoms with Gasteiger partial charge in [0.2, 0.25) is 0 Å². The number of ether oxygens (including phenoxy) is 1. The molecule has 0 unspecified atom stereocenters. The molecule has 1 fully saturated rings. The molecule has 3 rings (SSSR count). The summed E-state index contributed by atoms with van der Waals surface area (Å²) in [6.45, 7) is 3.13. The fourth-order valence-electron chi connectivity index (χ4n) is 3.13. The highest BCUT2D eigenvalue weighted by molar-refractivity contribution is 5.32. The van der Waals surface area contributed by atoms with Crippen LogP contribution in [0.1, 0.15) is 35.4 Å². The van der Waals surface area contributed by atoms with Crippen LogP contribution in [0.2, 0.25) is 0 Å². The Morgan fingerprint density at radius 1 is 1.10 bits per heavy atom. The van der Waals surface area contributed by atoms with Crippen molar-refractivity contribution in [2.75, 3.05) is 7.11 Å². The molecule has 1 saturated carbocycles. The quantitative estimate of drug-likeness (QED) is 0.893. The van der Waals surface area contributed by atoms with Crippen molar-refractivity contribution in [2.45, 2.75) is 38.3 Å². The van der Waals surface area contributed by atoms with Gasteiger partial charge in [-0.2, -0.15) is 0 Å². The maximum atomic E-state index is 5.26. The van der Waals surface area contributed by atoms with Gasteiger partial charge in [0.15, 0.2) is 0 Å². The van der Waals surface area contributed by atoms with E-state index in [1.807, 2.05) is 12.1 Å². The molecule has 1 N–H and O–H groups in total. The molecule has 0 heterocycles. The first kappa shape index (κ1) is 14.2. The zero-order valence-electron chi connectivity index (χ0n) is 12.8. The van der Waals surface area contributed by atoms with Gasteiger partial charge < -0.3 is 10.1 Å². The first-order valence-electron chi connectivity index (χ1n) is 7.68. The Labute approximate surface area is 127 Å². The molecule has 110 valence electrons. The zero-order valence-corrected chi connectivity index (χ0v) is 12.8. The summed E-state index contributed by atoms with van der Waals surface area (Å²) in [5.74, 6) is 1.66. The van der Waals surface area contributed by atoms with E-state index in [2.05, 4.69) is 48.6 Å². The largest absolute Gasteiger partial charge is 0.497 e. The van der Waals surface area contributed by atoms with Crippen molar-refractivity contribution in [3.05, 3.63) is 65.2 Å². The monoisotopic (exact) mass is 281 g/mol. The summed E-state index contributed by atoms with van der Waals surface area (Å²) >= 11 is 0. The van der Waals surface area contributed by atoms with Gasteiger partial charge in [0.1, 0.15) is 5.75 Å². The fourth-order valence-corrected chi connectivity index (χ4v) is 3.13. The van der Waals surface area contributed by atoms with Crippen LogP contribution < -0.4 is 10.1 Å². The van der Waals surface area contributed by atoms with Crippen LogP contribution in [0.15, 0.2) is 48.5 Å². The second kappa shape index (κ2) is 6.31. The standard InChI is InChI=1S/C19H23NO/c1-14-6-3-4-9-19(14)16-11-17(12-16)20-13-15-7-5-8-18(10-15)21-2/h3-10,16-17,20H,11-13H2,1-2H3. The average Bonchev–Trinajstić information content (AvgIpc) is 2.47. The highest BCUT2D eigenvalue weighted by Crippen LogP contribution is 2.38. The fraction of sp³-hybridized carbons (Fsp3) is 0.368. The van der Waals surface area contributed by atoms with Crippen LogP contribution >= 0.6 is 0 Å². The van der Waals surface area contributed by atoms with Crippen molar-refractivity contribution in [3.63, 3.8) is 0 Å². The highest BCUT2D eigenvalue weighted by atomic mass is 16.5. The molecule has 2 aromatic rings. The van der Waals surface area contributed by atoms with E-state index in [0.717, 1.165) is 18.2 Å². The highest BCUT2D eigenvalue weighted by Gasteiger charge is 2.30. The molecular weight excluding hydrogens is 258 g/mol. The minimum atomic E-state index is 0.640. The van der Waals surface area contributed by atoms with E-state index in [-0.39, 0.29) is 0 Å². The Hall–Kier alpha value is -1.80. The van der Waals surface area contributed by atoms with Crippen molar-refractivity contribution < 1.29 is 4.74 Å². The number of hydrogen-bond donors (Lipinski definition) is 1. The van der Waals surface area contributed by atoms with Crippen molar-refractivity contribution in [1.29, 1.82) is 0 Å². The molecule has 0 radical (unpaired) electrons. The summed E-state index contributed by atoms with van der Waals surface area (Å²) in [6, 6.07) is 17.7. The SMILES string of the molecule is COc1cccc(CNC2CC(c3ccccc3C)C2)c1. The van der Waals surface area contributed by atoms with Gasteiger partial charge in [-0.05, 0) is 54.5 Å². The van der Waals surface area contributed by atoms with Crippen molar-refractivity contribution >= 4 is 0 Å². The minimum absolute atomic E-state index is 0.640. The number of methoxy groups -OCH3 is 1. The van der Waals surface area contributed by atoms with Crippen LogP contribution in [0.5, 0.6) is 5.75 Å². The molecule has 0 saturated heterocycles. The van der Waals surface area contributed by atoms with Gasteiger partial charge in [0.25, 0.3) is 0 Å². The Bertz CT molecular complexity index is 602. The molecule has 2 aromatic carbocycles. The van der Waals surface area contributed by atoms with Gasteiger partial charge in [0, 0.05) is 12.6 Å². The summed E-state index contributed by atoms with van der Waals surface area (Å²) in [4.78, 5) is 0. The maximum absolute atomic E-state index is 5.26. The summed E-state index contributed by atoms with van der Waals surface area (Å²) in [6.07, 6.45) is 2.49. The predicted octanol–water partition coefficient (Wildman–Crippen LogP) is 4.04. The smallest absolute Gasteiger partial charge is 0.119 e. The number of aryl methyl sites for hydroxylation is 1. The lowest BCUT2D eigenvalue weighted by Gasteiger charge is -2.37. The first-order valence-corrected chi connectivity index (χ1v) is 7.68. The maximum Gasteiger partial charge on any atom is 0.119 e. The van der Waals surface area contributed by atoms with E-state index in [9.17, 15) is 0 Å². The first-order chi connectivity index (χ1) is 10.3. The Morgan fingerprint density at radius 3 is 2.67 bits per heavy atom. The lowest BCUT2D eigenvalue weighted by molar-refractivity contribution is 0.288. The van der Waals surface area contributed by atoms with Gasteiger partial charge in [-0.1, -0.05) is 36.4 Å². The van der Waals surface area contributed by atoms with Gasteiger partial charge in [0.05, 0.1) is 7.11 Å². The van der Waals surface area contributed by atoms with Gasteiger partial charge in [-0.15, -0.1) is 0 Å². The molecule has 2 nitrogen and oxygen atoms in total. The average molecular weight is 281 g/mol. The van der Waals surface area contributed by atoms with Crippen LogP contribution in [0.25, 0.3) is 0 Å². The van der Waals surface area contributed by atoms with E-state index in [4.69, 9.17) is 4.74 Å². The van der Waals surface area contributed by atoms with E-state index < -0.39 is 0 Å². The summed E-state index contributed by atoms with van der Waals surface area (Å²) in [7, 11) is 1.71. The summed E-state index contributed by atoms with van der Waals surface area (Å²) < 4.78 is 5.26. The van der Waals surface area contributed by atoms with E-state index in [0.29, 0.717) is 6.04 Å². The Morgan fingerprint density at radius 2 is 1.90 bits per heavy atom. The van der Waals surface area contributed by atoms with Crippen LogP contribution in [0.3, 0.4) is 0 Å². The van der Waals surface area contributed by atoms with Crippen LogP contribution in [-0.2, 0) is 6.54 Å². The number of benzene rings is 2. The molecule has 0 bridgehead atoms. The number of nitrogens with one attached hydrogen (secondary N) is 1. The van der Waals surface area contributed by atoms with Crippen molar-refractivity contribution in [1.82, 2.24) is 5.32 Å². The van der Waals surface area contributed by atoms with E-state index in [1.165, 1.54) is 29.5 Å². The number of rotatable bonds is 5. The summed E-state index contributed by atoms with van der Waals surface area (Å²) in [5.41, 5.74) is 4.24. The topological polar surface area (TPSA) is 21.3 Å². The molecular formula is C19H23NO. The van der Waals surface area contributed by atoms with Gasteiger partial charge in [-0.25, -0.2) is 0 Å². The second-order valence-electron chi connectivity index (χ2n) is 5.95. The third-order valence-corrected chi connectivity index (χ3v) is 4.50. The number of hydrogen-bond acceptors (Lipinski definition) is 2. The normalized spacial score (nSPS) is 20.9. The molecule has 0 aromatic heterocycles. The molecule has 0 aliphatic heterocycles. The third-order valence-electron chi connectivity index (χ3n) is 4.50. The van der Waals surface area contributed by atoms with Crippen LogP contribution in [-0.4, -0.2) is 13.2 Å². The summed E-state index contributed by atoms with van der Waals surface area (Å²) in [5, 5.41) is 3.65. The lowest BCUT2D eigenvalue weighted by Crippen LogP contribution is -2.39. The third kappa shape index (κ3) is 3.27. The zero-order chi connectivity index (χ0) is 14.7. The van der Waals surface area contributed by atoms with Crippen LogP contribution in [0.4, 0.5) is 0 Å². The molecule has 1 aliphatic rings. The van der Waals surface area contributed by atoms with Crippen molar-refractivity contribution in [3.8, 4) is 5.75 Å². The predicted molar refractivity (Wildman–Crippen MR) is 86.8 cm³/mol. The van der Waals surface area contributed by atoms with Gasteiger partial charge in [-0.3, -0.25) is 0 Å². The second-order valence-corrected chi connectivity index (χ2v) is 5.95. The van der Waals surface area contributed by atoms with Crippen molar-refractivity contribution in [2.24, 2.45) is 0 Å². The molecule has 0 amide bonds. The molecule has 1 aliphatic carbocycles. The Balaban J connectivity index is 1.50. The van der Waals surface area contributed by atoms with E-state index >= 15 is 0 Å². The van der Waals surface area contributed by atoms with Crippen LogP contribution in [0, 0.1) is 6.92 Å².